The van der Waals surface area contributed by atoms with Gasteiger partial charge in [0.2, 0.25) is 0 Å². The molecule has 1 spiro atoms. The first-order valence-corrected chi connectivity index (χ1v) is 7.46. The Morgan fingerprint density at radius 2 is 2.00 bits per heavy atom. The van der Waals surface area contributed by atoms with Crippen molar-refractivity contribution in [1.29, 1.82) is 0 Å². The Morgan fingerprint density at radius 1 is 1.25 bits per heavy atom. The zero-order valence-electron chi connectivity index (χ0n) is 10.9. The number of nitrogens with zero attached hydrogens (tertiary/aromatic N) is 2. The molecule has 1 aromatic carbocycles. The number of likely N-dealkylation sites (tertiary alicyclic amines) is 1. The van der Waals surface area contributed by atoms with Crippen LogP contribution in [0.2, 0.25) is 0 Å². The van der Waals surface area contributed by atoms with Crippen LogP contribution >= 0.6 is 11.3 Å². The second-order valence-electron chi connectivity index (χ2n) is 5.55. The van der Waals surface area contributed by atoms with E-state index in [-0.39, 0.29) is 11.3 Å². The van der Waals surface area contributed by atoms with Gasteiger partial charge in [0, 0.05) is 18.7 Å². The Kier molecular flexibility index (Phi) is 2.65. The fourth-order valence-corrected chi connectivity index (χ4v) is 3.61. The number of aromatic nitrogens is 1. The lowest BCUT2D eigenvalue weighted by Crippen LogP contribution is -2.67. The SMILES string of the molecule is O=C(c1cnc(-c2ccccc2)s1)N1CC2(COC2)C1. The maximum atomic E-state index is 12.4. The molecule has 2 aromatic rings. The number of hydrogen-bond acceptors (Lipinski definition) is 4. The van der Waals surface area contributed by atoms with Crippen LogP contribution in [0.25, 0.3) is 10.6 Å². The third-order valence-corrected chi connectivity index (χ3v) is 4.93. The van der Waals surface area contributed by atoms with Crippen molar-refractivity contribution in [3.05, 3.63) is 41.4 Å². The number of thiazole rings is 1. The summed E-state index contributed by atoms with van der Waals surface area (Å²) in [5.41, 5.74) is 1.33. The van der Waals surface area contributed by atoms with Crippen molar-refractivity contribution in [2.45, 2.75) is 0 Å². The van der Waals surface area contributed by atoms with Crippen molar-refractivity contribution in [3.63, 3.8) is 0 Å². The predicted molar refractivity (Wildman–Crippen MR) is 76.7 cm³/mol. The Labute approximate surface area is 121 Å². The van der Waals surface area contributed by atoms with Gasteiger partial charge in [0.05, 0.1) is 24.8 Å². The van der Waals surface area contributed by atoms with E-state index in [4.69, 9.17) is 4.74 Å². The summed E-state index contributed by atoms with van der Waals surface area (Å²) < 4.78 is 5.23. The van der Waals surface area contributed by atoms with E-state index < -0.39 is 0 Å². The molecule has 5 heteroatoms. The van der Waals surface area contributed by atoms with E-state index >= 15 is 0 Å². The van der Waals surface area contributed by atoms with Gasteiger partial charge in [0.25, 0.3) is 5.91 Å². The van der Waals surface area contributed by atoms with Gasteiger partial charge in [0.15, 0.2) is 0 Å². The standard InChI is InChI=1S/C15H14N2O2S/c18-14(17-7-15(8-17)9-19-10-15)12-6-16-13(20-12)11-4-2-1-3-5-11/h1-6H,7-10H2. The smallest absolute Gasteiger partial charge is 0.265 e. The molecule has 1 amide bonds. The summed E-state index contributed by atoms with van der Waals surface area (Å²) in [6.07, 6.45) is 1.69. The maximum Gasteiger partial charge on any atom is 0.265 e. The summed E-state index contributed by atoms with van der Waals surface area (Å²) in [6, 6.07) is 9.96. The van der Waals surface area contributed by atoms with Crippen LogP contribution in [0.1, 0.15) is 9.67 Å². The lowest BCUT2D eigenvalue weighted by molar-refractivity contribution is -0.176. The van der Waals surface area contributed by atoms with Crippen molar-refractivity contribution in [2.24, 2.45) is 5.41 Å². The molecule has 102 valence electrons. The number of benzene rings is 1. The van der Waals surface area contributed by atoms with E-state index in [1.807, 2.05) is 35.2 Å². The summed E-state index contributed by atoms with van der Waals surface area (Å²) >= 11 is 1.46. The first-order valence-electron chi connectivity index (χ1n) is 6.64. The van der Waals surface area contributed by atoms with Crippen molar-refractivity contribution < 1.29 is 9.53 Å². The molecule has 20 heavy (non-hydrogen) atoms. The minimum absolute atomic E-state index is 0.0993. The van der Waals surface area contributed by atoms with Crippen LogP contribution in [0.3, 0.4) is 0 Å². The molecule has 4 rings (SSSR count). The number of hydrogen-bond donors (Lipinski definition) is 0. The molecule has 2 aliphatic heterocycles. The Hall–Kier alpha value is -1.72. The highest BCUT2D eigenvalue weighted by atomic mass is 32.1. The number of ether oxygens (including phenoxy) is 1. The highest BCUT2D eigenvalue weighted by molar-refractivity contribution is 7.16. The number of amides is 1. The predicted octanol–water partition coefficient (Wildman–Crippen LogP) is 2.28. The Bertz CT molecular complexity index is 641. The Morgan fingerprint density at radius 3 is 2.65 bits per heavy atom. The van der Waals surface area contributed by atoms with Crippen LogP contribution in [-0.2, 0) is 4.74 Å². The number of carbonyl (C=O) groups excluding carboxylic acids is 1. The normalized spacial score (nSPS) is 19.5. The Balaban J connectivity index is 1.49. The van der Waals surface area contributed by atoms with E-state index in [0.29, 0.717) is 0 Å². The van der Waals surface area contributed by atoms with Crippen molar-refractivity contribution in [1.82, 2.24) is 9.88 Å². The minimum atomic E-state index is 0.0993. The van der Waals surface area contributed by atoms with Crippen molar-refractivity contribution in [2.75, 3.05) is 26.3 Å². The third-order valence-electron chi connectivity index (χ3n) is 3.89. The molecule has 0 unspecified atom stereocenters. The van der Waals surface area contributed by atoms with Crippen LogP contribution < -0.4 is 0 Å². The second kappa shape index (κ2) is 4.40. The third kappa shape index (κ3) is 1.85. The van der Waals surface area contributed by atoms with Gasteiger partial charge in [-0.1, -0.05) is 30.3 Å². The van der Waals surface area contributed by atoms with E-state index in [9.17, 15) is 4.79 Å². The molecule has 2 aliphatic rings. The van der Waals surface area contributed by atoms with E-state index in [1.165, 1.54) is 11.3 Å². The summed E-state index contributed by atoms with van der Waals surface area (Å²) in [7, 11) is 0. The van der Waals surface area contributed by atoms with Crippen molar-refractivity contribution in [3.8, 4) is 10.6 Å². The molecule has 0 aliphatic carbocycles. The molecular formula is C15H14N2O2S. The molecule has 0 bridgehead atoms. The molecule has 3 heterocycles. The number of rotatable bonds is 2. The fraction of sp³-hybridized carbons (Fsp3) is 0.333. The van der Waals surface area contributed by atoms with Gasteiger partial charge < -0.3 is 9.64 Å². The summed E-state index contributed by atoms with van der Waals surface area (Å²) in [6.45, 7) is 3.25. The van der Waals surface area contributed by atoms with Gasteiger partial charge in [0.1, 0.15) is 9.88 Å². The maximum absolute atomic E-state index is 12.4. The van der Waals surface area contributed by atoms with Gasteiger partial charge in [-0.15, -0.1) is 11.3 Å². The molecule has 0 N–H and O–H groups in total. The molecular weight excluding hydrogens is 272 g/mol. The topological polar surface area (TPSA) is 42.4 Å². The van der Waals surface area contributed by atoms with Crippen LogP contribution in [0.15, 0.2) is 36.5 Å². The van der Waals surface area contributed by atoms with Gasteiger partial charge >= 0.3 is 0 Å². The fourth-order valence-electron chi connectivity index (χ4n) is 2.72. The van der Waals surface area contributed by atoms with Gasteiger partial charge in [-0.3, -0.25) is 4.79 Å². The largest absolute Gasteiger partial charge is 0.380 e. The molecule has 0 radical (unpaired) electrons. The van der Waals surface area contributed by atoms with Crippen LogP contribution in [0, 0.1) is 5.41 Å². The molecule has 0 atom stereocenters. The summed E-state index contributed by atoms with van der Waals surface area (Å²) in [5, 5.41) is 0.899. The van der Waals surface area contributed by atoms with Crippen LogP contribution in [0.5, 0.6) is 0 Å². The first-order chi connectivity index (χ1) is 9.76. The average molecular weight is 286 g/mol. The van der Waals surface area contributed by atoms with Gasteiger partial charge in [-0.25, -0.2) is 4.98 Å². The quantitative estimate of drug-likeness (QED) is 0.850. The minimum Gasteiger partial charge on any atom is -0.380 e. The molecule has 2 fully saturated rings. The lowest BCUT2D eigenvalue weighted by Gasteiger charge is -2.54. The summed E-state index contributed by atoms with van der Waals surface area (Å²) in [4.78, 5) is 19.3. The highest BCUT2D eigenvalue weighted by Gasteiger charge is 2.50. The zero-order valence-corrected chi connectivity index (χ0v) is 11.7. The van der Waals surface area contributed by atoms with Gasteiger partial charge in [-0.2, -0.15) is 0 Å². The van der Waals surface area contributed by atoms with E-state index in [1.54, 1.807) is 6.20 Å². The zero-order chi connectivity index (χ0) is 13.6. The second-order valence-corrected chi connectivity index (χ2v) is 6.58. The molecule has 4 nitrogen and oxygen atoms in total. The summed E-state index contributed by atoms with van der Waals surface area (Å²) in [5.74, 6) is 0.0993. The van der Waals surface area contributed by atoms with Gasteiger partial charge in [-0.05, 0) is 0 Å². The molecule has 2 saturated heterocycles. The van der Waals surface area contributed by atoms with Crippen molar-refractivity contribution >= 4 is 17.2 Å². The van der Waals surface area contributed by atoms with E-state index in [0.717, 1.165) is 41.8 Å². The molecule has 1 aromatic heterocycles. The number of carbonyl (C=O) groups is 1. The van der Waals surface area contributed by atoms with E-state index in [2.05, 4.69) is 4.98 Å². The monoisotopic (exact) mass is 286 g/mol. The first kappa shape index (κ1) is 12.1. The molecule has 0 saturated carbocycles. The highest BCUT2D eigenvalue weighted by Crippen LogP contribution is 2.38. The van der Waals surface area contributed by atoms with Crippen LogP contribution in [0.4, 0.5) is 0 Å². The lowest BCUT2D eigenvalue weighted by atomic mass is 9.78. The van der Waals surface area contributed by atoms with Crippen LogP contribution in [-0.4, -0.2) is 42.1 Å². The average Bonchev–Trinajstić information content (AvgIpc) is 2.86.